The second-order valence-electron chi connectivity index (χ2n) is 5.47. The van der Waals surface area contributed by atoms with Gasteiger partial charge in [0.2, 0.25) is 0 Å². The molecule has 22 heavy (non-hydrogen) atoms. The predicted octanol–water partition coefficient (Wildman–Crippen LogP) is 3.34. The second-order valence-corrected chi connectivity index (χ2v) is 5.47. The van der Waals surface area contributed by atoms with Gasteiger partial charge in [-0.1, -0.05) is 49.4 Å². The van der Waals surface area contributed by atoms with E-state index in [9.17, 15) is 5.11 Å². The lowest BCUT2D eigenvalue weighted by Gasteiger charge is -2.25. The van der Waals surface area contributed by atoms with Gasteiger partial charge in [-0.15, -0.1) is 0 Å². The van der Waals surface area contributed by atoms with Crippen molar-refractivity contribution >= 4 is 0 Å². The number of hydrogen-bond acceptors (Lipinski definition) is 3. The highest BCUT2D eigenvalue weighted by Crippen LogP contribution is 2.22. The van der Waals surface area contributed by atoms with Crippen LogP contribution in [-0.2, 0) is 6.42 Å². The first-order valence-electron chi connectivity index (χ1n) is 7.81. The van der Waals surface area contributed by atoms with Crippen molar-refractivity contribution in [3.8, 4) is 5.75 Å². The summed E-state index contributed by atoms with van der Waals surface area (Å²) in [5, 5.41) is 13.1. The zero-order valence-corrected chi connectivity index (χ0v) is 13.3. The van der Waals surface area contributed by atoms with Gasteiger partial charge in [0.05, 0.1) is 13.7 Å². The van der Waals surface area contributed by atoms with E-state index in [4.69, 9.17) is 4.74 Å². The Labute approximate surface area is 133 Å². The van der Waals surface area contributed by atoms with Crippen molar-refractivity contribution < 1.29 is 9.84 Å². The SMILES string of the molecule is CC[C@@H](CO)N[C@@H](Cc1ccccc1)c1ccc(OC)cc1. The van der Waals surface area contributed by atoms with Crippen molar-refractivity contribution in [3.63, 3.8) is 0 Å². The predicted molar refractivity (Wildman–Crippen MR) is 90.2 cm³/mol. The highest BCUT2D eigenvalue weighted by atomic mass is 16.5. The summed E-state index contributed by atoms with van der Waals surface area (Å²) < 4.78 is 5.23. The molecule has 0 saturated carbocycles. The molecule has 2 rings (SSSR count). The summed E-state index contributed by atoms with van der Waals surface area (Å²) in [6.45, 7) is 2.24. The highest BCUT2D eigenvalue weighted by molar-refractivity contribution is 5.30. The van der Waals surface area contributed by atoms with Crippen LogP contribution in [0.1, 0.15) is 30.5 Å². The standard InChI is InChI=1S/C19H25NO2/c1-3-17(14-21)20-19(13-15-7-5-4-6-8-15)16-9-11-18(22-2)12-10-16/h4-12,17,19-21H,3,13-14H2,1-2H3/t17-,19-/m0/s1. The summed E-state index contributed by atoms with van der Waals surface area (Å²) in [7, 11) is 1.67. The fraction of sp³-hybridized carbons (Fsp3) is 0.368. The minimum absolute atomic E-state index is 0.107. The number of aliphatic hydroxyl groups excluding tert-OH is 1. The van der Waals surface area contributed by atoms with Crippen molar-refractivity contribution in [3.05, 3.63) is 65.7 Å². The first-order chi connectivity index (χ1) is 10.8. The summed E-state index contributed by atoms with van der Waals surface area (Å²) in [5.74, 6) is 0.858. The average molecular weight is 299 g/mol. The summed E-state index contributed by atoms with van der Waals surface area (Å²) >= 11 is 0. The Hall–Kier alpha value is -1.84. The van der Waals surface area contributed by atoms with E-state index >= 15 is 0 Å². The first kappa shape index (κ1) is 16.5. The molecule has 2 N–H and O–H groups in total. The maximum absolute atomic E-state index is 9.49. The molecule has 0 spiro atoms. The van der Waals surface area contributed by atoms with Gasteiger partial charge < -0.3 is 15.2 Å². The van der Waals surface area contributed by atoms with E-state index in [0.29, 0.717) is 0 Å². The molecular formula is C19H25NO2. The van der Waals surface area contributed by atoms with Gasteiger partial charge >= 0.3 is 0 Å². The number of nitrogens with one attached hydrogen (secondary N) is 1. The van der Waals surface area contributed by atoms with E-state index in [0.717, 1.165) is 18.6 Å². The molecule has 0 radical (unpaired) electrons. The van der Waals surface area contributed by atoms with Crippen LogP contribution in [0.5, 0.6) is 5.75 Å². The van der Waals surface area contributed by atoms with Crippen molar-refractivity contribution in [1.82, 2.24) is 5.32 Å². The summed E-state index contributed by atoms with van der Waals surface area (Å²) in [4.78, 5) is 0. The molecule has 0 heterocycles. The zero-order valence-electron chi connectivity index (χ0n) is 13.3. The first-order valence-corrected chi connectivity index (χ1v) is 7.81. The van der Waals surface area contributed by atoms with Crippen LogP contribution in [0.2, 0.25) is 0 Å². The second kappa shape index (κ2) is 8.57. The van der Waals surface area contributed by atoms with E-state index < -0.39 is 0 Å². The van der Waals surface area contributed by atoms with Gasteiger partial charge in [-0.25, -0.2) is 0 Å². The van der Waals surface area contributed by atoms with Gasteiger partial charge in [0.25, 0.3) is 0 Å². The highest BCUT2D eigenvalue weighted by Gasteiger charge is 2.16. The van der Waals surface area contributed by atoms with Crippen molar-refractivity contribution in [1.29, 1.82) is 0 Å². The van der Waals surface area contributed by atoms with E-state index in [1.165, 1.54) is 11.1 Å². The normalized spacial score (nSPS) is 13.6. The molecule has 118 valence electrons. The van der Waals surface area contributed by atoms with E-state index in [1.54, 1.807) is 7.11 Å². The summed E-state index contributed by atoms with van der Waals surface area (Å²) in [5.41, 5.74) is 2.49. The van der Waals surface area contributed by atoms with Crippen LogP contribution < -0.4 is 10.1 Å². The molecule has 0 bridgehead atoms. The number of benzene rings is 2. The Morgan fingerprint density at radius 2 is 1.73 bits per heavy atom. The number of aliphatic hydroxyl groups is 1. The van der Waals surface area contributed by atoms with Crippen molar-refractivity contribution in [2.75, 3.05) is 13.7 Å². The van der Waals surface area contributed by atoms with Crippen LogP contribution in [0.3, 0.4) is 0 Å². The number of ether oxygens (including phenoxy) is 1. The minimum Gasteiger partial charge on any atom is -0.497 e. The van der Waals surface area contributed by atoms with E-state index in [1.807, 2.05) is 18.2 Å². The molecule has 2 aromatic rings. The molecule has 2 aromatic carbocycles. The molecule has 3 heteroatoms. The van der Waals surface area contributed by atoms with Gasteiger partial charge in [-0.3, -0.25) is 0 Å². The van der Waals surface area contributed by atoms with E-state index in [-0.39, 0.29) is 18.7 Å². The molecule has 0 saturated heterocycles. The third-order valence-electron chi connectivity index (χ3n) is 3.95. The van der Waals surface area contributed by atoms with E-state index in [2.05, 4.69) is 48.6 Å². The molecule has 0 aromatic heterocycles. The fourth-order valence-electron chi connectivity index (χ4n) is 2.54. The molecule has 0 fully saturated rings. The van der Waals surface area contributed by atoms with Gasteiger partial charge in [0.1, 0.15) is 5.75 Å². The minimum atomic E-state index is 0.107. The largest absolute Gasteiger partial charge is 0.497 e. The van der Waals surface area contributed by atoms with Gasteiger partial charge in [-0.05, 0) is 36.1 Å². The molecule has 0 amide bonds. The monoisotopic (exact) mass is 299 g/mol. The molecule has 3 nitrogen and oxygen atoms in total. The third-order valence-corrected chi connectivity index (χ3v) is 3.95. The topological polar surface area (TPSA) is 41.5 Å². The third kappa shape index (κ3) is 4.58. The Morgan fingerprint density at radius 1 is 1.05 bits per heavy atom. The lowest BCUT2D eigenvalue weighted by Crippen LogP contribution is -2.36. The van der Waals surface area contributed by atoms with Gasteiger partial charge in [0.15, 0.2) is 0 Å². The molecule has 0 aliphatic carbocycles. The van der Waals surface area contributed by atoms with Gasteiger partial charge in [-0.2, -0.15) is 0 Å². The lowest BCUT2D eigenvalue weighted by molar-refractivity contribution is 0.227. The van der Waals surface area contributed by atoms with Crippen LogP contribution in [0.25, 0.3) is 0 Å². The molecule has 2 atom stereocenters. The van der Waals surface area contributed by atoms with Gasteiger partial charge in [0, 0.05) is 12.1 Å². The average Bonchev–Trinajstić information content (AvgIpc) is 2.59. The van der Waals surface area contributed by atoms with Crippen molar-refractivity contribution in [2.45, 2.75) is 31.8 Å². The van der Waals surface area contributed by atoms with Crippen LogP contribution >= 0.6 is 0 Å². The number of hydrogen-bond donors (Lipinski definition) is 2. The molecule has 0 aliphatic rings. The lowest BCUT2D eigenvalue weighted by atomic mass is 9.97. The Kier molecular flexibility index (Phi) is 6.44. The molecule has 0 aliphatic heterocycles. The Bertz CT molecular complexity index is 535. The summed E-state index contributed by atoms with van der Waals surface area (Å²) in [6, 6.07) is 18.8. The molecular weight excluding hydrogens is 274 g/mol. The van der Waals surface area contributed by atoms with Crippen LogP contribution in [-0.4, -0.2) is 24.9 Å². The Balaban J connectivity index is 2.19. The molecule has 0 unspecified atom stereocenters. The number of methoxy groups -OCH3 is 1. The fourth-order valence-corrected chi connectivity index (χ4v) is 2.54. The van der Waals surface area contributed by atoms with Crippen molar-refractivity contribution in [2.24, 2.45) is 0 Å². The van der Waals surface area contributed by atoms with Crippen LogP contribution in [0.15, 0.2) is 54.6 Å². The van der Waals surface area contributed by atoms with Crippen LogP contribution in [0, 0.1) is 0 Å². The smallest absolute Gasteiger partial charge is 0.118 e. The van der Waals surface area contributed by atoms with Crippen LogP contribution in [0.4, 0.5) is 0 Å². The number of rotatable bonds is 8. The Morgan fingerprint density at radius 3 is 2.27 bits per heavy atom. The maximum atomic E-state index is 9.49. The zero-order chi connectivity index (χ0) is 15.8. The quantitative estimate of drug-likeness (QED) is 0.785. The maximum Gasteiger partial charge on any atom is 0.118 e. The summed E-state index contributed by atoms with van der Waals surface area (Å²) in [6.07, 6.45) is 1.79.